The zero-order valence-electron chi connectivity index (χ0n) is 16.3. The molecule has 1 aromatic rings. The first-order chi connectivity index (χ1) is 12.9. The summed E-state index contributed by atoms with van der Waals surface area (Å²) in [5, 5.41) is 6.27. The number of nitrogens with one attached hydrogen (secondary N) is 2. The number of guanidine groups is 1. The van der Waals surface area contributed by atoms with Gasteiger partial charge in [0.05, 0.1) is 12.2 Å². The Labute approximate surface area is 181 Å². The minimum absolute atomic E-state index is 0. The number of ether oxygens (including phenoxy) is 1. The minimum atomic E-state index is -4.36. The van der Waals surface area contributed by atoms with E-state index in [1.54, 1.807) is 7.05 Å². The highest BCUT2D eigenvalue weighted by Crippen LogP contribution is 2.29. The lowest BCUT2D eigenvalue weighted by Crippen LogP contribution is -2.41. The van der Waals surface area contributed by atoms with Crippen LogP contribution >= 0.6 is 24.0 Å². The van der Waals surface area contributed by atoms with E-state index in [9.17, 15) is 13.2 Å². The van der Waals surface area contributed by atoms with Crippen molar-refractivity contribution < 1.29 is 17.9 Å². The molecule has 1 aromatic heterocycles. The van der Waals surface area contributed by atoms with Crippen LogP contribution in [-0.2, 0) is 10.9 Å². The van der Waals surface area contributed by atoms with Crippen LogP contribution < -0.4 is 10.6 Å². The quantitative estimate of drug-likeness (QED) is 0.217. The number of halogens is 4. The number of hydrogen-bond acceptors (Lipinski definition) is 4. The van der Waals surface area contributed by atoms with Crippen molar-refractivity contribution in [2.45, 2.75) is 25.4 Å². The number of hydrogen-bond donors (Lipinski definition) is 2. The summed E-state index contributed by atoms with van der Waals surface area (Å²) in [6.45, 7) is 3.57. The van der Waals surface area contributed by atoms with Crippen LogP contribution in [0.25, 0.3) is 0 Å². The van der Waals surface area contributed by atoms with Gasteiger partial charge in [0.15, 0.2) is 5.96 Å². The molecule has 1 aliphatic rings. The fourth-order valence-electron chi connectivity index (χ4n) is 2.40. The number of nitrogens with zero attached hydrogens (tertiary/aromatic N) is 3. The van der Waals surface area contributed by atoms with Crippen LogP contribution in [0.2, 0.25) is 0 Å². The van der Waals surface area contributed by atoms with Gasteiger partial charge in [0.1, 0.15) is 5.82 Å². The van der Waals surface area contributed by atoms with Crippen LogP contribution in [0.3, 0.4) is 0 Å². The topological polar surface area (TPSA) is 61.8 Å². The molecule has 0 amide bonds. The van der Waals surface area contributed by atoms with Crippen LogP contribution in [-0.4, -0.2) is 62.8 Å². The molecule has 28 heavy (non-hydrogen) atoms. The van der Waals surface area contributed by atoms with Gasteiger partial charge in [-0.25, -0.2) is 4.98 Å². The molecule has 0 radical (unpaired) electrons. The van der Waals surface area contributed by atoms with Crippen LogP contribution in [0.5, 0.6) is 0 Å². The second-order valence-electron chi connectivity index (χ2n) is 6.62. The first-order valence-corrected chi connectivity index (χ1v) is 9.17. The number of likely N-dealkylation sites (N-methyl/N-ethyl adjacent to an activating group) is 1. The molecule has 0 bridgehead atoms. The second kappa shape index (κ2) is 12.3. The molecule has 160 valence electrons. The zero-order chi connectivity index (χ0) is 19.7. The van der Waals surface area contributed by atoms with E-state index in [0.717, 1.165) is 43.7 Å². The van der Waals surface area contributed by atoms with E-state index in [-0.39, 0.29) is 24.0 Å². The molecule has 0 spiro atoms. The van der Waals surface area contributed by atoms with Crippen molar-refractivity contribution in [1.29, 1.82) is 0 Å². The number of aromatic nitrogens is 1. The Morgan fingerprint density at radius 3 is 2.64 bits per heavy atom. The third-order valence-electron chi connectivity index (χ3n) is 4.23. The van der Waals surface area contributed by atoms with Gasteiger partial charge in [0.2, 0.25) is 0 Å². The Balaban J connectivity index is 0.00000392. The Bertz CT molecular complexity index is 594. The molecule has 6 nitrogen and oxygen atoms in total. The summed E-state index contributed by atoms with van der Waals surface area (Å²) in [6, 6.07) is 2.36. The summed E-state index contributed by atoms with van der Waals surface area (Å²) in [4.78, 5) is 10.0. The van der Waals surface area contributed by atoms with Gasteiger partial charge in [-0.15, -0.1) is 24.0 Å². The van der Waals surface area contributed by atoms with Crippen LogP contribution in [0, 0.1) is 5.92 Å². The zero-order valence-corrected chi connectivity index (χ0v) is 18.6. The van der Waals surface area contributed by atoms with E-state index in [1.165, 1.54) is 18.9 Å². The Morgan fingerprint density at radius 1 is 1.32 bits per heavy atom. The highest BCUT2D eigenvalue weighted by Gasteiger charge is 2.30. The van der Waals surface area contributed by atoms with Crippen molar-refractivity contribution in [3.05, 3.63) is 23.9 Å². The molecular weight excluding hydrogens is 486 g/mol. The largest absolute Gasteiger partial charge is 0.417 e. The predicted molar refractivity (Wildman–Crippen MR) is 115 cm³/mol. The lowest BCUT2D eigenvalue weighted by molar-refractivity contribution is -0.137. The summed E-state index contributed by atoms with van der Waals surface area (Å²) >= 11 is 0. The van der Waals surface area contributed by atoms with Gasteiger partial charge in [-0.2, -0.15) is 13.2 Å². The van der Waals surface area contributed by atoms with Crippen molar-refractivity contribution >= 4 is 35.8 Å². The lowest BCUT2D eigenvalue weighted by Gasteiger charge is -2.22. The van der Waals surface area contributed by atoms with Crippen molar-refractivity contribution in [2.24, 2.45) is 10.9 Å². The third kappa shape index (κ3) is 9.26. The third-order valence-corrected chi connectivity index (χ3v) is 4.23. The van der Waals surface area contributed by atoms with Crippen LogP contribution in [0.4, 0.5) is 19.0 Å². The highest BCUT2D eigenvalue weighted by molar-refractivity contribution is 14.0. The molecule has 2 rings (SSSR count). The molecular formula is C18H29F3IN5O. The highest BCUT2D eigenvalue weighted by atomic mass is 127. The Kier molecular flexibility index (Phi) is 10.9. The molecule has 0 aromatic carbocycles. The average Bonchev–Trinajstić information content (AvgIpc) is 3.45. The summed E-state index contributed by atoms with van der Waals surface area (Å²) < 4.78 is 43.1. The first kappa shape index (κ1) is 24.7. The van der Waals surface area contributed by atoms with Gasteiger partial charge in [0.25, 0.3) is 0 Å². The fourth-order valence-corrected chi connectivity index (χ4v) is 2.40. The molecule has 1 heterocycles. The van der Waals surface area contributed by atoms with Crippen molar-refractivity contribution in [2.75, 3.05) is 52.3 Å². The fraction of sp³-hybridized carbons (Fsp3) is 0.667. The Morgan fingerprint density at radius 2 is 2.07 bits per heavy atom. The molecule has 1 saturated carbocycles. The molecule has 1 fully saturated rings. The number of aliphatic imine (C=N–C) groups is 1. The Hall–Kier alpha value is -1.30. The van der Waals surface area contributed by atoms with Gasteiger partial charge in [0, 0.05) is 46.5 Å². The molecule has 1 aliphatic carbocycles. The maximum absolute atomic E-state index is 12.5. The molecule has 2 N–H and O–H groups in total. The van der Waals surface area contributed by atoms with Crippen molar-refractivity contribution in [1.82, 2.24) is 15.2 Å². The van der Waals surface area contributed by atoms with Gasteiger partial charge < -0.3 is 20.3 Å². The van der Waals surface area contributed by atoms with E-state index in [4.69, 9.17) is 4.74 Å². The average molecular weight is 515 g/mol. The van der Waals surface area contributed by atoms with E-state index in [1.807, 2.05) is 11.9 Å². The standard InChI is InChI=1S/C18H28F3N5O.HI/c1-22-17(26(2)10-11-27-13-14-4-5-14)24-9-3-8-23-16-7-6-15(12-25-16)18(19,20)21;/h6-7,12,14H,3-5,8-11,13H2,1-2H3,(H,22,24)(H,23,25);1H. The number of rotatable bonds is 10. The predicted octanol–water partition coefficient (Wildman–Crippen LogP) is 3.45. The minimum Gasteiger partial charge on any atom is -0.379 e. The van der Waals surface area contributed by atoms with Crippen LogP contribution in [0.15, 0.2) is 23.3 Å². The normalized spacial score (nSPS) is 14.4. The second-order valence-corrected chi connectivity index (χ2v) is 6.62. The van der Waals surface area contributed by atoms with Gasteiger partial charge in [-0.3, -0.25) is 4.99 Å². The van der Waals surface area contributed by atoms with Crippen molar-refractivity contribution in [3.63, 3.8) is 0 Å². The number of pyridine rings is 1. The van der Waals surface area contributed by atoms with Crippen LogP contribution in [0.1, 0.15) is 24.8 Å². The van der Waals surface area contributed by atoms with E-state index in [0.29, 0.717) is 25.5 Å². The van der Waals surface area contributed by atoms with E-state index >= 15 is 0 Å². The summed E-state index contributed by atoms with van der Waals surface area (Å²) in [6.07, 6.45) is -0.180. The molecule has 0 atom stereocenters. The summed E-state index contributed by atoms with van der Waals surface area (Å²) in [5.41, 5.74) is -0.748. The number of anilines is 1. The summed E-state index contributed by atoms with van der Waals surface area (Å²) in [5.74, 6) is 1.98. The molecule has 0 unspecified atom stereocenters. The maximum Gasteiger partial charge on any atom is 0.417 e. The lowest BCUT2D eigenvalue weighted by atomic mass is 10.3. The molecule has 10 heteroatoms. The van der Waals surface area contributed by atoms with Gasteiger partial charge in [-0.05, 0) is 37.3 Å². The van der Waals surface area contributed by atoms with E-state index in [2.05, 4.69) is 20.6 Å². The monoisotopic (exact) mass is 515 g/mol. The maximum atomic E-state index is 12.5. The van der Waals surface area contributed by atoms with Gasteiger partial charge in [-0.1, -0.05) is 0 Å². The smallest absolute Gasteiger partial charge is 0.379 e. The molecule has 0 saturated heterocycles. The van der Waals surface area contributed by atoms with Crippen molar-refractivity contribution in [3.8, 4) is 0 Å². The van der Waals surface area contributed by atoms with Gasteiger partial charge >= 0.3 is 6.18 Å². The summed E-state index contributed by atoms with van der Waals surface area (Å²) in [7, 11) is 3.69. The number of alkyl halides is 3. The molecule has 0 aliphatic heterocycles. The van der Waals surface area contributed by atoms with E-state index < -0.39 is 11.7 Å². The first-order valence-electron chi connectivity index (χ1n) is 9.17. The SMILES string of the molecule is CN=C(NCCCNc1ccc(C(F)(F)F)cn1)N(C)CCOCC1CC1.I.